The molecule has 1 aromatic heterocycles. The van der Waals surface area contributed by atoms with E-state index in [1.807, 2.05) is 5.51 Å². The van der Waals surface area contributed by atoms with Crippen molar-refractivity contribution in [2.45, 2.75) is 13.8 Å². The van der Waals surface area contributed by atoms with E-state index in [-0.39, 0.29) is 0 Å². The van der Waals surface area contributed by atoms with Gasteiger partial charge in [0.05, 0.1) is 15.7 Å². The smallest absolute Gasteiger partial charge is 0.0843 e. The van der Waals surface area contributed by atoms with Gasteiger partial charge in [-0.1, -0.05) is 12.1 Å². The van der Waals surface area contributed by atoms with E-state index in [2.05, 4.69) is 31.0 Å². The van der Waals surface area contributed by atoms with Gasteiger partial charge in [-0.15, -0.1) is 11.3 Å². The van der Waals surface area contributed by atoms with Crippen LogP contribution in [0.4, 0.5) is 0 Å². The first-order valence-corrected chi connectivity index (χ1v) is 4.46. The van der Waals surface area contributed by atoms with Gasteiger partial charge in [0.2, 0.25) is 0 Å². The number of thiazole rings is 1. The number of rotatable bonds is 0. The molecule has 0 radical (unpaired) electrons. The lowest BCUT2D eigenvalue weighted by atomic mass is 10.1. The molecule has 1 heterocycles. The van der Waals surface area contributed by atoms with Gasteiger partial charge in [-0.25, -0.2) is 4.98 Å². The van der Waals surface area contributed by atoms with Crippen molar-refractivity contribution in [3.8, 4) is 0 Å². The van der Waals surface area contributed by atoms with Gasteiger partial charge in [0.15, 0.2) is 0 Å². The second-order valence-electron chi connectivity index (χ2n) is 2.73. The Labute approximate surface area is 69.7 Å². The summed E-state index contributed by atoms with van der Waals surface area (Å²) in [6.07, 6.45) is 0. The Bertz CT molecular complexity index is 353. The first-order valence-electron chi connectivity index (χ1n) is 3.58. The molecule has 0 saturated carbocycles. The molecule has 0 N–H and O–H groups in total. The molecule has 2 aromatic rings. The predicted molar refractivity (Wildman–Crippen MR) is 49.1 cm³/mol. The zero-order valence-corrected chi connectivity index (χ0v) is 7.40. The van der Waals surface area contributed by atoms with Gasteiger partial charge in [0.1, 0.15) is 0 Å². The summed E-state index contributed by atoms with van der Waals surface area (Å²) in [6, 6.07) is 4.27. The molecule has 0 spiro atoms. The highest BCUT2D eigenvalue weighted by Crippen LogP contribution is 2.24. The summed E-state index contributed by atoms with van der Waals surface area (Å²) in [4.78, 5) is 4.30. The van der Waals surface area contributed by atoms with Crippen LogP contribution in [0.1, 0.15) is 11.1 Å². The van der Waals surface area contributed by atoms with Crippen molar-refractivity contribution in [1.29, 1.82) is 0 Å². The van der Waals surface area contributed by atoms with Crippen LogP contribution in [0.2, 0.25) is 0 Å². The van der Waals surface area contributed by atoms with E-state index in [9.17, 15) is 0 Å². The van der Waals surface area contributed by atoms with Gasteiger partial charge in [0, 0.05) is 0 Å². The standard InChI is InChI=1S/C9H9NS/c1-6-3-4-7(2)9-8(6)10-5-11-9/h3-5H,1-2H3. The summed E-state index contributed by atoms with van der Waals surface area (Å²) in [5.41, 5.74) is 5.67. The molecule has 2 heteroatoms. The van der Waals surface area contributed by atoms with E-state index < -0.39 is 0 Å². The first kappa shape index (κ1) is 6.80. The van der Waals surface area contributed by atoms with E-state index in [0.29, 0.717) is 0 Å². The number of benzene rings is 1. The minimum absolute atomic E-state index is 1.16. The van der Waals surface area contributed by atoms with Crippen LogP contribution in [0.3, 0.4) is 0 Å². The average molecular weight is 163 g/mol. The van der Waals surface area contributed by atoms with Gasteiger partial charge in [-0.3, -0.25) is 0 Å². The zero-order valence-electron chi connectivity index (χ0n) is 6.59. The highest BCUT2D eigenvalue weighted by Gasteiger charge is 2.01. The highest BCUT2D eigenvalue weighted by atomic mass is 32.1. The lowest BCUT2D eigenvalue weighted by Crippen LogP contribution is -1.77. The Kier molecular flexibility index (Phi) is 1.43. The maximum absolute atomic E-state index is 4.30. The van der Waals surface area contributed by atoms with Gasteiger partial charge >= 0.3 is 0 Å². The third-order valence-corrected chi connectivity index (χ3v) is 2.84. The Hall–Kier alpha value is -0.890. The number of nitrogens with zero attached hydrogens (tertiary/aromatic N) is 1. The minimum Gasteiger partial charge on any atom is -0.244 e. The number of hydrogen-bond donors (Lipinski definition) is 0. The Morgan fingerprint density at radius 3 is 2.64 bits per heavy atom. The summed E-state index contributed by atoms with van der Waals surface area (Å²) < 4.78 is 1.32. The van der Waals surface area contributed by atoms with Gasteiger partial charge in [-0.05, 0) is 25.0 Å². The molecule has 0 aliphatic carbocycles. The molecule has 1 nitrogen and oxygen atoms in total. The van der Waals surface area contributed by atoms with Crippen LogP contribution >= 0.6 is 11.3 Å². The molecule has 1 aromatic carbocycles. The Balaban J connectivity index is 2.96. The lowest BCUT2D eigenvalue weighted by Gasteiger charge is -1.96. The van der Waals surface area contributed by atoms with E-state index in [1.54, 1.807) is 11.3 Å². The normalized spacial score (nSPS) is 10.7. The maximum Gasteiger partial charge on any atom is 0.0843 e. The molecular formula is C9H9NS. The quantitative estimate of drug-likeness (QED) is 0.582. The van der Waals surface area contributed by atoms with E-state index in [4.69, 9.17) is 0 Å². The van der Waals surface area contributed by atoms with Crippen molar-refractivity contribution < 1.29 is 0 Å². The number of aryl methyl sites for hydroxylation is 2. The molecule has 2 rings (SSSR count). The predicted octanol–water partition coefficient (Wildman–Crippen LogP) is 2.91. The maximum atomic E-state index is 4.30. The van der Waals surface area contributed by atoms with Crippen LogP contribution in [-0.2, 0) is 0 Å². The molecule has 11 heavy (non-hydrogen) atoms. The lowest BCUT2D eigenvalue weighted by molar-refractivity contribution is 1.40. The molecule has 56 valence electrons. The third kappa shape index (κ3) is 0.942. The van der Waals surface area contributed by atoms with Gasteiger partial charge in [-0.2, -0.15) is 0 Å². The van der Waals surface area contributed by atoms with Crippen LogP contribution in [0.15, 0.2) is 17.6 Å². The fourth-order valence-electron chi connectivity index (χ4n) is 1.21. The van der Waals surface area contributed by atoms with E-state index >= 15 is 0 Å². The topological polar surface area (TPSA) is 12.9 Å². The molecule has 0 fully saturated rings. The van der Waals surface area contributed by atoms with Crippen LogP contribution in [0.25, 0.3) is 10.2 Å². The molecule has 0 atom stereocenters. The minimum atomic E-state index is 1.16. The molecule has 0 aliphatic rings. The third-order valence-electron chi connectivity index (χ3n) is 1.88. The van der Waals surface area contributed by atoms with Crippen LogP contribution in [-0.4, -0.2) is 4.98 Å². The second-order valence-corrected chi connectivity index (χ2v) is 3.58. The van der Waals surface area contributed by atoms with Crippen LogP contribution < -0.4 is 0 Å². The summed E-state index contributed by atoms with van der Waals surface area (Å²) in [5.74, 6) is 0. The second kappa shape index (κ2) is 2.31. The average Bonchev–Trinajstić information content (AvgIpc) is 2.45. The monoisotopic (exact) mass is 163 g/mol. The van der Waals surface area contributed by atoms with Gasteiger partial charge < -0.3 is 0 Å². The van der Waals surface area contributed by atoms with Crippen molar-refractivity contribution >= 4 is 21.6 Å². The van der Waals surface area contributed by atoms with Crippen LogP contribution in [0, 0.1) is 13.8 Å². The first-order chi connectivity index (χ1) is 5.29. The number of aromatic nitrogens is 1. The highest BCUT2D eigenvalue weighted by molar-refractivity contribution is 7.17. The summed E-state index contributed by atoms with van der Waals surface area (Å²) >= 11 is 1.72. The van der Waals surface area contributed by atoms with Crippen molar-refractivity contribution in [1.82, 2.24) is 4.98 Å². The Morgan fingerprint density at radius 2 is 1.91 bits per heavy atom. The van der Waals surface area contributed by atoms with E-state index in [1.165, 1.54) is 15.8 Å². The number of hydrogen-bond acceptors (Lipinski definition) is 2. The van der Waals surface area contributed by atoms with Crippen molar-refractivity contribution in [2.24, 2.45) is 0 Å². The van der Waals surface area contributed by atoms with Crippen molar-refractivity contribution in [3.63, 3.8) is 0 Å². The van der Waals surface area contributed by atoms with E-state index in [0.717, 1.165) is 5.52 Å². The fraction of sp³-hybridized carbons (Fsp3) is 0.222. The molecule has 0 bridgehead atoms. The summed E-state index contributed by atoms with van der Waals surface area (Å²) in [6.45, 7) is 4.22. The van der Waals surface area contributed by atoms with Crippen molar-refractivity contribution in [3.05, 3.63) is 28.8 Å². The Morgan fingerprint density at radius 1 is 1.18 bits per heavy atom. The summed E-state index contributed by atoms with van der Waals surface area (Å²) in [5, 5.41) is 0. The zero-order chi connectivity index (χ0) is 7.84. The molecular weight excluding hydrogens is 154 g/mol. The largest absolute Gasteiger partial charge is 0.244 e. The van der Waals surface area contributed by atoms with Gasteiger partial charge in [0.25, 0.3) is 0 Å². The summed E-state index contributed by atoms with van der Waals surface area (Å²) in [7, 11) is 0. The molecule has 0 amide bonds. The van der Waals surface area contributed by atoms with Crippen LogP contribution in [0.5, 0.6) is 0 Å². The molecule has 0 aliphatic heterocycles. The number of fused-ring (bicyclic) bond motifs is 1. The van der Waals surface area contributed by atoms with Crippen molar-refractivity contribution in [2.75, 3.05) is 0 Å². The molecule has 0 unspecified atom stereocenters. The fourth-order valence-corrected chi connectivity index (χ4v) is 2.05. The molecule has 0 saturated heterocycles. The SMILES string of the molecule is Cc1ccc(C)c2scnc12.